The third kappa shape index (κ3) is 3.98. The van der Waals surface area contributed by atoms with Gasteiger partial charge in [0.2, 0.25) is 5.91 Å². The minimum atomic E-state index is 0.107. The van der Waals surface area contributed by atoms with Crippen LogP contribution in [0.25, 0.3) is 10.6 Å². The Kier molecular flexibility index (Phi) is 5.41. The van der Waals surface area contributed by atoms with Crippen LogP contribution in [-0.2, 0) is 11.2 Å². The van der Waals surface area contributed by atoms with Gasteiger partial charge in [0.25, 0.3) is 0 Å². The van der Waals surface area contributed by atoms with Crippen molar-refractivity contribution in [2.24, 2.45) is 17.6 Å². The highest BCUT2D eigenvalue weighted by Gasteiger charge is 2.31. The van der Waals surface area contributed by atoms with Gasteiger partial charge in [0, 0.05) is 29.8 Å². The second-order valence-corrected chi connectivity index (χ2v) is 6.94. The van der Waals surface area contributed by atoms with Crippen LogP contribution in [0.3, 0.4) is 0 Å². The first kappa shape index (κ1) is 16.1. The van der Waals surface area contributed by atoms with Crippen molar-refractivity contribution in [2.45, 2.75) is 25.7 Å². The lowest BCUT2D eigenvalue weighted by Crippen LogP contribution is -2.36. The van der Waals surface area contributed by atoms with Crippen LogP contribution in [-0.4, -0.2) is 24.0 Å². The quantitative estimate of drug-likeness (QED) is 0.856. The smallest absolute Gasteiger partial charge is 0.223 e. The zero-order valence-electron chi connectivity index (χ0n) is 13.2. The van der Waals surface area contributed by atoms with Gasteiger partial charge in [-0.05, 0) is 25.3 Å². The third-order valence-corrected chi connectivity index (χ3v) is 5.49. The average molecular weight is 329 g/mol. The van der Waals surface area contributed by atoms with Crippen LogP contribution < -0.4 is 11.1 Å². The zero-order chi connectivity index (χ0) is 16.1. The topological polar surface area (TPSA) is 68.0 Å². The highest BCUT2D eigenvalue weighted by Crippen LogP contribution is 2.31. The lowest BCUT2D eigenvalue weighted by atomic mass is 9.95. The van der Waals surface area contributed by atoms with Crippen molar-refractivity contribution in [1.82, 2.24) is 10.3 Å². The molecule has 122 valence electrons. The van der Waals surface area contributed by atoms with E-state index in [2.05, 4.69) is 27.8 Å². The zero-order valence-corrected chi connectivity index (χ0v) is 14.0. The van der Waals surface area contributed by atoms with Gasteiger partial charge >= 0.3 is 0 Å². The van der Waals surface area contributed by atoms with Gasteiger partial charge in [-0.25, -0.2) is 4.98 Å². The van der Waals surface area contributed by atoms with Crippen LogP contribution in [0, 0.1) is 11.8 Å². The van der Waals surface area contributed by atoms with E-state index in [-0.39, 0.29) is 11.8 Å². The predicted octanol–water partition coefficient (Wildman–Crippen LogP) is 2.84. The molecule has 0 aliphatic heterocycles. The Hall–Kier alpha value is -1.72. The number of hydrogen-bond donors (Lipinski definition) is 2. The molecule has 2 aromatic rings. The minimum absolute atomic E-state index is 0.107. The van der Waals surface area contributed by atoms with Gasteiger partial charge in [0.15, 0.2) is 0 Å². The maximum Gasteiger partial charge on any atom is 0.223 e. The van der Waals surface area contributed by atoms with Gasteiger partial charge in [0.1, 0.15) is 5.01 Å². The molecule has 1 aromatic carbocycles. The molecule has 0 bridgehead atoms. The van der Waals surface area contributed by atoms with Gasteiger partial charge in [-0.2, -0.15) is 0 Å². The number of nitrogens with two attached hydrogens (primary N) is 1. The van der Waals surface area contributed by atoms with Crippen molar-refractivity contribution in [3.63, 3.8) is 0 Å². The molecule has 4 nitrogen and oxygen atoms in total. The second-order valence-electron chi connectivity index (χ2n) is 6.08. The number of carbonyl (C=O) groups is 1. The molecule has 3 rings (SSSR count). The van der Waals surface area contributed by atoms with Crippen molar-refractivity contribution in [2.75, 3.05) is 13.1 Å². The Morgan fingerprint density at radius 2 is 2.13 bits per heavy atom. The van der Waals surface area contributed by atoms with Crippen LogP contribution in [0.1, 0.15) is 25.0 Å². The van der Waals surface area contributed by atoms with Crippen molar-refractivity contribution >= 4 is 17.2 Å². The lowest BCUT2D eigenvalue weighted by molar-refractivity contribution is -0.125. The van der Waals surface area contributed by atoms with E-state index in [1.165, 1.54) is 0 Å². The van der Waals surface area contributed by atoms with Crippen LogP contribution in [0.4, 0.5) is 0 Å². The summed E-state index contributed by atoms with van der Waals surface area (Å²) in [4.78, 5) is 16.9. The number of carbonyl (C=O) groups excluding carboxylic acids is 1. The van der Waals surface area contributed by atoms with Crippen LogP contribution in [0.15, 0.2) is 35.7 Å². The molecule has 1 aliphatic carbocycles. The Labute approximate surface area is 141 Å². The minimum Gasteiger partial charge on any atom is -0.355 e. The van der Waals surface area contributed by atoms with Crippen molar-refractivity contribution in [3.05, 3.63) is 41.4 Å². The molecule has 1 amide bonds. The molecule has 0 spiro atoms. The molecule has 2 atom stereocenters. The summed E-state index contributed by atoms with van der Waals surface area (Å²) < 4.78 is 0. The van der Waals surface area contributed by atoms with Gasteiger partial charge in [-0.15, -0.1) is 11.3 Å². The van der Waals surface area contributed by atoms with E-state index in [1.807, 2.05) is 18.2 Å². The van der Waals surface area contributed by atoms with Crippen LogP contribution in [0.5, 0.6) is 0 Å². The summed E-state index contributed by atoms with van der Waals surface area (Å²) >= 11 is 1.65. The number of aromatic nitrogens is 1. The number of thiazole rings is 1. The van der Waals surface area contributed by atoms with E-state index < -0.39 is 0 Å². The highest BCUT2D eigenvalue weighted by molar-refractivity contribution is 7.13. The van der Waals surface area contributed by atoms with E-state index in [0.717, 1.165) is 41.9 Å². The molecular formula is C18H23N3OS. The maximum atomic E-state index is 12.2. The molecule has 3 N–H and O–H groups in total. The van der Waals surface area contributed by atoms with E-state index in [0.29, 0.717) is 19.0 Å². The Bertz CT molecular complexity index is 641. The number of nitrogens with zero attached hydrogens (tertiary/aromatic N) is 1. The first-order valence-electron chi connectivity index (χ1n) is 8.25. The largest absolute Gasteiger partial charge is 0.355 e. The first-order chi connectivity index (χ1) is 11.3. The van der Waals surface area contributed by atoms with Crippen molar-refractivity contribution < 1.29 is 4.79 Å². The SMILES string of the molecule is NC[C@H]1CCC[C@H]1C(=O)NCCc1csc(-c2ccccc2)n1. The standard InChI is InChI=1S/C18H23N3OS/c19-11-14-7-4-8-16(14)17(22)20-10-9-15-12-23-18(21-15)13-5-2-1-3-6-13/h1-3,5-6,12,14,16H,4,7-11,19H2,(H,20,22)/t14-,16-/m1/s1. The first-order valence-corrected chi connectivity index (χ1v) is 9.13. The summed E-state index contributed by atoms with van der Waals surface area (Å²) in [5.41, 5.74) is 7.93. The van der Waals surface area contributed by atoms with Gasteiger partial charge in [0.05, 0.1) is 5.69 Å². The number of amides is 1. The summed E-state index contributed by atoms with van der Waals surface area (Å²) in [6.45, 7) is 1.26. The van der Waals surface area contributed by atoms with Crippen molar-refractivity contribution in [1.29, 1.82) is 0 Å². The Morgan fingerprint density at radius 1 is 1.30 bits per heavy atom. The fourth-order valence-electron chi connectivity index (χ4n) is 3.24. The number of rotatable bonds is 6. The van der Waals surface area contributed by atoms with Crippen molar-refractivity contribution in [3.8, 4) is 10.6 Å². The fourth-order valence-corrected chi connectivity index (χ4v) is 4.10. The molecule has 1 heterocycles. The molecule has 5 heteroatoms. The summed E-state index contributed by atoms with van der Waals surface area (Å²) in [7, 11) is 0. The monoisotopic (exact) mass is 329 g/mol. The molecule has 0 saturated heterocycles. The fraction of sp³-hybridized carbons (Fsp3) is 0.444. The van der Waals surface area contributed by atoms with Gasteiger partial charge in [-0.1, -0.05) is 36.8 Å². The molecule has 1 fully saturated rings. The maximum absolute atomic E-state index is 12.2. The Morgan fingerprint density at radius 3 is 2.91 bits per heavy atom. The normalized spacial score (nSPS) is 20.6. The van der Waals surface area contributed by atoms with E-state index in [9.17, 15) is 4.79 Å². The molecule has 0 unspecified atom stereocenters. The summed E-state index contributed by atoms with van der Waals surface area (Å²) in [5, 5.41) is 6.17. The number of nitrogens with one attached hydrogen (secondary N) is 1. The number of hydrogen-bond acceptors (Lipinski definition) is 4. The molecular weight excluding hydrogens is 306 g/mol. The lowest BCUT2D eigenvalue weighted by Gasteiger charge is -2.17. The third-order valence-electron chi connectivity index (χ3n) is 4.55. The van der Waals surface area contributed by atoms with Gasteiger partial charge in [-0.3, -0.25) is 4.79 Å². The summed E-state index contributed by atoms with van der Waals surface area (Å²) in [6, 6.07) is 10.2. The van der Waals surface area contributed by atoms with E-state index in [1.54, 1.807) is 11.3 Å². The average Bonchev–Trinajstić information content (AvgIpc) is 3.24. The molecule has 1 aromatic heterocycles. The summed E-state index contributed by atoms with van der Waals surface area (Å²) in [6.07, 6.45) is 3.95. The molecule has 1 saturated carbocycles. The van der Waals surface area contributed by atoms with Crippen LogP contribution in [0.2, 0.25) is 0 Å². The molecule has 0 radical (unpaired) electrons. The number of benzene rings is 1. The van der Waals surface area contributed by atoms with E-state index >= 15 is 0 Å². The predicted molar refractivity (Wildman–Crippen MR) is 94.1 cm³/mol. The highest BCUT2D eigenvalue weighted by atomic mass is 32.1. The van der Waals surface area contributed by atoms with Crippen LogP contribution >= 0.6 is 11.3 Å². The van der Waals surface area contributed by atoms with Gasteiger partial charge < -0.3 is 11.1 Å². The Balaban J connectivity index is 1.49. The molecule has 1 aliphatic rings. The molecule has 23 heavy (non-hydrogen) atoms. The second kappa shape index (κ2) is 7.70. The summed E-state index contributed by atoms with van der Waals surface area (Å²) in [5.74, 6) is 0.630. The van der Waals surface area contributed by atoms with E-state index in [4.69, 9.17) is 5.73 Å².